The van der Waals surface area contributed by atoms with Crippen LogP contribution in [0.3, 0.4) is 0 Å². The maximum Gasteiger partial charge on any atom is 0.0110 e. The molecule has 2 rings (SSSR count). The Morgan fingerprint density at radius 1 is 1.69 bits per heavy atom. The van der Waals surface area contributed by atoms with Gasteiger partial charge in [-0.3, -0.25) is 0 Å². The summed E-state index contributed by atoms with van der Waals surface area (Å²) >= 11 is 1.92. The predicted molar refractivity (Wildman–Crippen MR) is 58.3 cm³/mol. The van der Waals surface area contributed by atoms with Crippen molar-refractivity contribution in [2.24, 2.45) is 5.92 Å². The molecule has 1 aromatic rings. The van der Waals surface area contributed by atoms with Crippen LogP contribution in [0.25, 0.3) is 0 Å². The summed E-state index contributed by atoms with van der Waals surface area (Å²) in [6.07, 6.45) is 2.67. The third-order valence-corrected chi connectivity index (χ3v) is 4.42. The van der Waals surface area contributed by atoms with Crippen LogP contribution in [0.1, 0.15) is 24.6 Å². The first-order valence-electron chi connectivity index (χ1n) is 5.02. The zero-order chi connectivity index (χ0) is 9.31. The van der Waals surface area contributed by atoms with Crippen LogP contribution in [-0.2, 0) is 5.41 Å². The van der Waals surface area contributed by atoms with E-state index < -0.39 is 0 Å². The van der Waals surface area contributed by atoms with Crippen molar-refractivity contribution < 1.29 is 0 Å². The lowest BCUT2D eigenvalue weighted by Crippen LogP contribution is -2.16. The van der Waals surface area contributed by atoms with Gasteiger partial charge in [-0.2, -0.15) is 0 Å². The molecule has 2 heteroatoms. The Hall–Kier alpha value is -0.340. The Morgan fingerprint density at radius 2 is 2.54 bits per heavy atom. The third-order valence-electron chi connectivity index (χ3n) is 3.33. The second-order valence-corrected chi connectivity index (χ2v) is 4.89. The molecular weight excluding hydrogens is 178 g/mol. The van der Waals surface area contributed by atoms with Gasteiger partial charge < -0.3 is 5.32 Å². The third kappa shape index (κ3) is 1.42. The lowest BCUT2D eigenvalue weighted by atomic mass is 9.98. The molecule has 0 bridgehead atoms. The summed E-state index contributed by atoms with van der Waals surface area (Å²) in [4.78, 5) is 1.59. The van der Waals surface area contributed by atoms with Crippen LogP contribution in [0, 0.1) is 5.92 Å². The molecule has 0 amide bonds. The lowest BCUT2D eigenvalue weighted by molar-refractivity contribution is 0.569. The molecule has 1 nitrogen and oxygen atoms in total. The molecule has 0 aliphatic heterocycles. The molecule has 1 aromatic heterocycles. The molecule has 2 atom stereocenters. The number of thiophene rings is 1. The molecule has 2 unspecified atom stereocenters. The van der Waals surface area contributed by atoms with Gasteiger partial charge in [-0.25, -0.2) is 0 Å². The fourth-order valence-corrected chi connectivity index (χ4v) is 3.46. The average molecular weight is 195 g/mol. The van der Waals surface area contributed by atoms with E-state index >= 15 is 0 Å². The quantitative estimate of drug-likeness (QED) is 0.779. The Kier molecular flexibility index (Phi) is 2.43. The molecule has 0 aromatic carbocycles. The molecule has 13 heavy (non-hydrogen) atoms. The maximum atomic E-state index is 3.29. The zero-order valence-electron chi connectivity index (χ0n) is 8.34. The van der Waals surface area contributed by atoms with Gasteiger partial charge in [0.2, 0.25) is 0 Å². The van der Waals surface area contributed by atoms with E-state index in [1.807, 2.05) is 18.4 Å². The molecule has 1 heterocycles. The van der Waals surface area contributed by atoms with Gasteiger partial charge in [0.1, 0.15) is 0 Å². The van der Waals surface area contributed by atoms with Gasteiger partial charge in [-0.15, -0.1) is 11.3 Å². The molecular formula is C11H17NS. The Bertz CT molecular complexity index is 268. The van der Waals surface area contributed by atoms with Crippen molar-refractivity contribution in [3.8, 4) is 0 Å². The predicted octanol–water partition coefficient (Wildman–Crippen LogP) is 2.64. The summed E-state index contributed by atoms with van der Waals surface area (Å²) in [6.45, 7) is 3.49. The number of hydrogen-bond donors (Lipinski definition) is 1. The fraction of sp³-hybridized carbons (Fsp3) is 0.636. The first-order valence-corrected chi connectivity index (χ1v) is 5.90. The van der Waals surface area contributed by atoms with Gasteiger partial charge in [0.15, 0.2) is 0 Å². The lowest BCUT2D eigenvalue weighted by Gasteiger charge is -2.12. The molecule has 72 valence electrons. The monoisotopic (exact) mass is 195 g/mol. The van der Waals surface area contributed by atoms with E-state index in [-0.39, 0.29) is 0 Å². The fourth-order valence-electron chi connectivity index (χ4n) is 2.37. The van der Waals surface area contributed by atoms with Crippen LogP contribution in [0.15, 0.2) is 17.5 Å². The number of hydrogen-bond acceptors (Lipinski definition) is 2. The van der Waals surface area contributed by atoms with Crippen LogP contribution in [0.5, 0.6) is 0 Å². The Labute approximate surface area is 84.2 Å². The summed E-state index contributed by atoms with van der Waals surface area (Å²) in [7, 11) is 2.05. The summed E-state index contributed by atoms with van der Waals surface area (Å²) in [5, 5.41) is 5.48. The average Bonchev–Trinajstić information content (AvgIpc) is 2.64. The highest BCUT2D eigenvalue weighted by molar-refractivity contribution is 7.10. The highest BCUT2D eigenvalue weighted by atomic mass is 32.1. The van der Waals surface area contributed by atoms with E-state index in [0.717, 1.165) is 5.92 Å². The van der Waals surface area contributed by atoms with Crippen LogP contribution < -0.4 is 5.32 Å². The van der Waals surface area contributed by atoms with E-state index in [1.54, 1.807) is 4.88 Å². The zero-order valence-corrected chi connectivity index (χ0v) is 9.16. The molecule has 1 N–H and O–H groups in total. The Balaban J connectivity index is 2.12. The molecule has 0 spiro atoms. The van der Waals surface area contributed by atoms with Gasteiger partial charge >= 0.3 is 0 Å². The van der Waals surface area contributed by atoms with E-state index in [4.69, 9.17) is 0 Å². The first-order chi connectivity index (χ1) is 6.33. The van der Waals surface area contributed by atoms with Crippen molar-refractivity contribution in [3.05, 3.63) is 22.4 Å². The molecule has 1 fully saturated rings. The van der Waals surface area contributed by atoms with Gasteiger partial charge in [-0.05, 0) is 43.8 Å². The molecule has 1 saturated carbocycles. The van der Waals surface area contributed by atoms with Crippen molar-refractivity contribution in [1.29, 1.82) is 0 Å². The van der Waals surface area contributed by atoms with Gasteiger partial charge in [0.05, 0.1) is 0 Å². The molecule has 0 saturated heterocycles. The summed E-state index contributed by atoms with van der Waals surface area (Å²) in [5.74, 6) is 0.876. The maximum absolute atomic E-state index is 3.29. The topological polar surface area (TPSA) is 12.0 Å². The van der Waals surface area contributed by atoms with Crippen LogP contribution in [0.2, 0.25) is 0 Å². The van der Waals surface area contributed by atoms with Crippen molar-refractivity contribution >= 4 is 11.3 Å². The normalized spacial score (nSPS) is 32.0. The minimum Gasteiger partial charge on any atom is -0.319 e. The Morgan fingerprint density at radius 3 is 3.08 bits per heavy atom. The van der Waals surface area contributed by atoms with Gasteiger partial charge in [-0.1, -0.05) is 13.0 Å². The van der Waals surface area contributed by atoms with E-state index in [0.29, 0.717) is 5.41 Å². The van der Waals surface area contributed by atoms with E-state index in [1.165, 1.54) is 19.4 Å². The van der Waals surface area contributed by atoms with Crippen molar-refractivity contribution in [3.63, 3.8) is 0 Å². The van der Waals surface area contributed by atoms with Crippen molar-refractivity contribution in [1.82, 2.24) is 5.32 Å². The second kappa shape index (κ2) is 3.43. The van der Waals surface area contributed by atoms with Crippen LogP contribution >= 0.6 is 11.3 Å². The largest absolute Gasteiger partial charge is 0.319 e. The highest BCUT2D eigenvalue weighted by Crippen LogP contribution is 2.57. The molecule has 1 aliphatic carbocycles. The number of rotatable bonds is 4. The first kappa shape index (κ1) is 9.22. The molecule has 1 aliphatic rings. The summed E-state index contributed by atoms with van der Waals surface area (Å²) < 4.78 is 0. The van der Waals surface area contributed by atoms with Gasteiger partial charge in [0.25, 0.3) is 0 Å². The summed E-state index contributed by atoms with van der Waals surface area (Å²) in [5.41, 5.74) is 0.539. The van der Waals surface area contributed by atoms with Gasteiger partial charge in [0, 0.05) is 10.3 Å². The smallest absolute Gasteiger partial charge is 0.0110 e. The SMILES string of the molecule is CCC1(c2cccs2)CC1CNC. The number of nitrogens with one attached hydrogen (secondary N) is 1. The minimum atomic E-state index is 0.539. The minimum absolute atomic E-state index is 0.539. The van der Waals surface area contributed by atoms with Crippen molar-refractivity contribution in [2.75, 3.05) is 13.6 Å². The second-order valence-electron chi connectivity index (χ2n) is 3.95. The van der Waals surface area contributed by atoms with E-state index in [9.17, 15) is 0 Å². The van der Waals surface area contributed by atoms with E-state index in [2.05, 4.69) is 29.8 Å². The van der Waals surface area contributed by atoms with Crippen LogP contribution in [0.4, 0.5) is 0 Å². The standard InChI is InChI=1S/C11H17NS/c1-3-11(7-9(11)8-12-2)10-5-4-6-13-10/h4-6,9,12H,3,7-8H2,1-2H3. The van der Waals surface area contributed by atoms with Crippen LogP contribution in [-0.4, -0.2) is 13.6 Å². The molecule has 0 radical (unpaired) electrons. The van der Waals surface area contributed by atoms with Crippen molar-refractivity contribution in [2.45, 2.75) is 25.2 Å². The highest BCUT2D eigenvalue weighted by Gasteiger charge is 2.53. The summed E-state index contributed by atoms with van der Waals surface area (Å²) in [6, 6.07) is 4.47.